The van der Waals surface area contributed by atoms with Crippen LogP contribution in [-0.4, -0.2) is 63.2 Å². The second kappa shape index (κ2) is 40.7. The maximum Gasteiger partial charge on any atom is 0.389 e. The van der Waals surface area contributed by atoms with Crippen molar-refractivity contribution in [1.82, 2.24) is 0 Å². The van der Waals surface area contributed by atoms with E-state index in [2.05, 4.69) is 6.92 Å². The van der Waals surface area contributed by atoms with Crippen LogP contribution in [0.25, 0.3) is 0 Å². The van der Waals surface area contributed by atoms with Gasteiger partial charge in [-0.1, -0.05) is 174 Å². The predicted octanol–water partition coefficient (Wildman–Crippen LogP) is 19.6. The number of unbranched alkanes of at least 4 members (excludes halogenated alkanes) is 29. The minimum Gasteiger partial charge on any atom is -0.370 e. The van der Waals surface area contributed by atoms with Crippen LogP contribution in [0.4, 0.5) is 52.7 Å². The van der Waals surface area contributed by atoms with Gasteiger partial charge in [-0.3, -0.25) is 0 Å². The Morgan fingerprint density at radius 2 is 0.500 bits per heavy atom. The van der Waals surface area contributed by atoms with Gasteiger partial charge in [-0.2, -0.15) is 52.7 Å². The van der Waals surface area contributed by atoms with Gasteiger partial charge < -0.3 is 18.9 Å². The summed E-state index contributed by atoms with van der Waals surface area (Å²) in [6.45, 7) is 3.47. The van der Waals surface area contributed by atoms with E-state index in [0.29, 0.717) is 77.8 Å². The minimum atomic E-state index is -4.14. The number of hydrogen-bond donors (Lipinski definition) is 0. The zero-order valence-corrected chi connectivity index (χ0v) is 40.7. The van der Waals surface area contributed by atoms with Gasteiger partial charge >= 0.3 is 30.7 Å². The summed E-state index contributed by atoms with van der Waals surface area (Å²) in [6.07, 6.45) is 4.96. The van der Waals surface area contributed by atoms with Gasteiger partial charge in [-0.05, 0) is 57.8 Å². The minimum absolute atomic E-state index is 0.124. The molecule has 0 heterocycles. The van der Waals surface area contributed by atoms with Crippen LogP contribution in [0.1, 0.15) is 257 Å². The van der Waals surface area contributed by atoms with Gasteiger partial charge in [-0.15, -0.1) is 0 Å². The first-order chi connectivity index (χ1) is 31.3. The highest BCUT2D eigenvalue weighted by Gasteiger charge is 2.44. The van der Waals surface area contributed by atoms with Crippen molar-refractivity contribution in [2.75, 3.05) is 26.4 Å². The van der Waals surface area contributed by atoms with E-state index in [1.165, 1.54) is 0 Å². The molecule has 0 aromatic heterocycles. The Bertz CT molecular complexity index is 954. The third kappa shape index (κ3) is 46.7. The molecule has 398 valence electrons. The summed E-state index contributed by atoms with van der Waals surface area (Å²) in [4.78, 5) is 0. The molecule has 0 saturated carbocycles. The lowest BCUT2D eigenvalue weighted by atomic mass is 10.0. The summed E-state index contributed by atoms with van der Waals surface area (Å²) < 4.78 is 177. The highest BCUT2D eigenvalue weighted by atomic mass is 19.4. The Labute approximate surface area is 391 Å². The van der Waals surface area contributed by atoms with Gasteiger partial charge in [0.1, 0.15) is 6.10 Å². The molecule has 0 N–H and O–H groups in total. The molecule has 0 aliphatic heterocycles. The Morgan fingerprint density at radius 1 is 0.273 bits per heavy atom. The molecule has 4 nitrogen and oxygen atoms in total. The van der Waals surface area contributed by atoms with E-state index in [4.69, 9.17) is 18.9 Å². The lowest BCUT2D eigenvalue weighted by molar-refractivity contribution is -0.419. The van der Waals surface area contributed by atoms with Gasteiger partial charge in [0.2, 0.25) is 0 Å². The lowest BCUT2D eigenvalue weighted by Crippen LogP contribution is -2.52. The van der Waals surface area contributed by atoms with Gasteiger partial charge in [0, 0.05) is 32.3 Å². The van der Waals surface area contributed by atoms with Crippen LogP contribution in [0.3, 0.4) is 0 Å². The van der Waals surface area contributed by atoms with Crippen molar-refractivity contribution in [3.63, 3.8) is 0 Å². The first kappa shape index (κ1) is 65.0. The highest BCUT2D eigenvalue weighted by molar-refractivity contribution is 4.75. The van der Waals surface area contributed by atoms with Gasteiger partial charge in [-0.25, -0.2) is 0 Å². The molecule has 0 spiro atoms. The number of ether oxygens (including phenoxy) is 4. The fourth-order valence-corrected chi connectivity index (χ4v) is 7.99. The molecule has 0 rings (SSSR count). The SMILES string of the molecule is CCCCCCCCC(OCCCCCCCCCC(F)(F)F)C(OCCCCCCCCCC(F)(F)F)(OCCCCCCCCCC(F)(F)F)OCCCCCCCCCC(F)(F)F. The summed E-state index contributed by atoms with van der Waals surface area (Å²) in [5.74, 6) is -1.53. The van der Waals surface area contributed by atoms with Crippen molar-refractivity contribution in [3.05, 3.63) is 0 Å². The van der Waals surface area contributed by atoms with Crippen LogP contribution in [0.2, 0.25) is 0 Å². The largest absolute Gasteiger partial charge is 0.389 e. The van der Waals surface area contributed by atoms with Gasteiger partial charge in [0.05, 0.1) is 19.8 Å². The van der Waals surface area contributed by atoms with Crippen LogP contribution < -0.4 is 0 Å². The smallest absolute Gasteiger partial charge is 0.370 e. The zero-order chi connectivity index (χ0) is 49.3. The van der Waals surface area contributed by atoms with Crippen LogP contribution in [-0.2, 0) is 18.9 Å². The summed E-state index contributed by atoms with van der Waals surface area (Å²) in [7, 11) is 0. The second-order valence-corrected chi connectivity index (χ2v) is 18.4. The van der Waals surface area contributed by atoms with Crippen molar-refractivity contribution in [1.29, 1.82) is 0 Å². The third-order valence-corrected chi connectivity index (χ3v) is 11.9. The Hall–Kier alpha value is -1.00. The van der Waals surface area contributed by atoms with E-state index < -0.39 is 62.5 Å². The van der Waals surface area contributed by atoms with Crippen molar-refractivity contribution < 1.29 is 71.6 Å². The Kier molecular flexibility index (Phi) is 40.1. The average Bonchev–Trinajstić information content (AvgIpc) is 3.22. The first-order valence-corrected chi connectivity index (χ1v) is 26.1. The van der Waals surface area contributed by atoms with E-state index >= 15 is 0 Å². The fraction of sp³-hybridized carbons (Fsp3) is 1.00. The topological polar surface area (TPSA) is 36.9 Å². The Balaban J connectivity index is 5.84. The molecule has 0 aliphatic rings. The maximum atomic E-state index is 12.6. The molecule has 0 aromatic rings. The van der Waals surface area contributed by atoms with Crippen LogP contribution in [0, 0.1) is 0 Å². The molecule has 0 radical (unpaired) electrons. The molecule has 0 amide bonds. The first-order valence-electron chi connectivity index (χ1n) is 26.1. The van der Waals surface area contributed by atoms with E-state index in [1.54, 1.807) is 0 Å². The van der Waals surface area contributed by atoms with Crippen LogP contribution >= 0.6 is 0 Å². The summed E-state index contributed by atoms with van der Waals surface area (Å²) in [5.41, 5.74) is 0. The number of alkyl halides is 12. The molecular weight excluding hydrogens is 893 g/mol. The molecule has 1 atom stereocenters. The van der Waals surface area contributed by atoms with E-state index in [1.807, 2.05) is 0 Å². The van der Waals surface area contributed by atoms with Crippen LogP contribution in [0.5, 0.6) is 0 Å². The van der Waals surface area contributed by atoms with Crippen molar-refractivity contribution in [2.24, 2.45) is 0 Å². The monoisotopic (exact) mass is 983 g/mol. The maximum absolute atomic E-state index is 12.6. The van der Waals surface area contributed by atoms with Crippen molar-refractivity contribution in [2.45, 2.75) is 294 Å². The van der Waals surface area contributed by atoms with Crippen molar-refractivity contribution >= 4 is 0 Å². The summed E-state index contributed by atoms with van der Waals surface area (Å²) in [6, 6.07) is 0. The molecule has 66 heavy (non-hydrogen) atoms. The van der Waals surface area contributed by atoms with Gasteiger partial charge in [0.25, 0.3) is 0 Å². The molecule has 0 bridgehead atoms. The van der Waals surface area contributed by atoms with Gasteiger partial charge in [0.15, 0.2) is 0 Å². The predicted molar refractivity (Wildman–Crippen MR) is 240 cm³/mol. The molecule has 0 saturated heterocycles. The molecule has 1 unspecified atom stereocenters. The van der Waals surface area contributed by atoms with E-state index in [9.17, 15) is 52.7 Å². The number of rotatable bonds is 48. The molecule has 0 aromatic carbocycles. The Morgan fingerprint density at radius 3 is 0.773 bits per heavy atom. The van der Waals surface area contributed by atoms with Crippen molar-refractivity contribution in [3.8, 4) is 0 Å². The second-order valence-electron chi connectivity index (χ2n) is 18.4. The van der Waals surface area contributed by atoms with E-state index in [0.717, 1.165) is 148 Å². The quantitative estimate of drug-likeness (QED) is 0.0346. The summed E-state index contributed by atoms with van der Waals surface area (Å²) >= 11 is 0. The fourth-order valence-electron chi connectivity index (χ4n) is 7.99. The highest BCUT2D eigenvalue weighted by Crippen LogP contribution is 2.31. The molecule has 0 aliphatic carbocycles. The normalized spacial score (nSPS) is 13.6. The molecule has 16 heteroatoms. The zero-order valence-electron chi connectivity index (χ0n) is 40.7. The standard InChI is InChI=1S/C50H90F12O4/c1-2-3-4-5-18-27-36-45(63-41-32-23-14-6-10-19-28-37-46(51,52)53)50(64-42-33-24-15-7-11-20-29-38-47(54,55)56,65-43-34-25-16-8-12-21-30-39-48(57,58)59)66-44-35-26-17-9-13-22-31-40-49(60,61)62/h45H,2-44H2,1H3. The third-order valence-electron chi connectivity index (χ3n) is 11.9. The number of halogens is 12. The molecular formula is C50H90F12O4. The average molecular weight is 983 g/mol. The lowest BCUT2D eigenvalue weighted by Gasteiger charge is -2.39. The summed E-state index contributed by atoms with van der Waals surface area (Å²) in [5, 5.41) is 0. The van der Waals surface area contributed by atoms with E-state index in [-0.39, 0.29) is 25.7 Å². The molecule has 0 fully saturated rings. The number of hydrogen-bond acceptors (Lipinski definition) is 4. The van der Waals surface area contributed by atoms with Crippen LogP contribution in [0.15, 0.2) is 0 Å².